The Kier molecular flexibility index (Phi) is 16.7. The molecule has 15 nitrogen and oxygen atoms in total. The molecular weight excluding hydrogens is 696 g/mol. The van der Waals surface area contributed by atoms with Crippen molar-refractivity contribution >= 4 is 29.6 Å². The van der Waals surface area contributed by atoms with Crippen molar-refractivity contribution in [1.82, 2.24) is 21.3 Å². The first-order valence-electron chi connectivity index (χ1n) is 17.9. The Morgan fingerprint density at radius 2 is 0.926 bits per heavy atom. The molecule has 4 amide bonds. The number of carbonyl (C=O) groups is 5. The molecule has 0 fully saturated rings. The molecule has 0 heterocycles. The number of phenols is 3. The fraction of sp³-hybridized carbons (Fsp3) is 0.410. The summed E-state index contributed by atoms with van der Waals surface area (Å²) in [5, 5.41) is 49.8. The van der Waals surface area contributed by atoms with E-state index in [4.69, 9.17) is 11.5 Å². The van der Waals surface area contributed by atoms with E-state index in [0.717, 1.165) is 0 Å². The van der Waals surface area contributed by atoms with Crippen molar-refractivity contribution < 1.29 is 44.4 Å². The summed E-state index contributed by atoms with van der Waals surface area (Å²) in [7, 11) is 0. The number of hydrogen-bond donors (Lipinski definition) is 10. The van der Waals surface area contributed by atoms with Gasteiger partial charge in [-0.15, -0.1) is 0 Å². The molecule has 0 spiro atoms. The molecule has 0 bridgehead atoms. The summed E-state index contributed by atoms with van der Waals surface area (Å²) in [6.07, 6.45) is 1.47. The van der Waals surface area contributed by atoms with Gasteiger partial charge in [0.25, 0.3) is 0 Å². The number of nitrogens with one attached hydrogen (secondary N) is 4. The van der Waals surface area contributed by atoms with E-state index in [-0.39, 0.29) is 48.8 Å². The average molecular weight is 749 g/mol. The number of carboxylic acid groups (broad SMARTS) is 1. The predicted molar refractivity (Wildman–Crippen MR) is 201 cm³/mol. The van der Waals surface area contributed by atoms with E-state index in [9.17, 15) is 44.4 Å². The molecule has 292 valence electrons. The minimum Gasteiger partial charge on any atom is -0.508 e. The first-order valence-corrected chi connectivity index (χ1v) is 17.9. The highest BCUT2D eigenvalue weighted by molar-refractivity contribution is 5.95. The third-order valence-electron chi connectivity index (χ3n) is 9.15. The van der Waals surface area contributed by atoms with Gasteiger partial charge in [0.05, 0.1) is 6.04 Å². The molecule has 0 aromatic heterocycles. The van der Waals surface area contributed by atoms with Gasteiger partial charge in [-0.05, 0) is 84.8 Å². The Balaban J connectivity index is 1.89. The standard InChI is InChI=1S/C39H52N6O9/c1-3-23(2)34(41)38(52)44-32(21-25-9-15-28(47)16-10-25)36(50)42-30(6-4-5-19-40)35(49)43-31(20-24-7-13-27(46)14-8-24)37(51)45-33(39(53)54)22-26-11-17-29(48)18-12-26/h7-18,23,30-34,46-48H,3-6,19-22,40-41H2,1-2H3,(H,42,50)(H,43,49)(H,44,52)(H,45,51)(H,53,54)/t23-,30-,31-,32-,33-,34-/m0/s1. The van der Waals surface area contributed by atoms with Crippen LogP contribution >= 0.6 is 0 Å². The molecule has 0 aliphatic heterocycles. The lowest BCUT2D eigenvalue weighted by Gasteiger charge is -2.27. The van der Waals surface area contributed by atoms with Crippen molar-refractivity contribution in [2.75, 3.05) is 6.54 Å². The highest BCUT2D eigenvalue weighted by Gasteiger charge is 2.32. The van der Waals surface area contributed by atoms with Crippen LogP contribution in [0.4, 0.5) is 0 Å². The van der Waals surface area contributed by atoms with Crippen molar-refractivity contribution in [3.8, 4) is 17.2 Å². The highest BCUT2D eigenvalue weighted by atomic mass is 16.4. The van der Waals surface area contributed by atoms with Crippen molar-refractivity contribution in [3.63, 3.8) is 0 Å². The van der Waals surface area contributed by atoms with Crippen LogP contribution in [0, 0.1) is 5.92 Å². The maximum Gasteiger partial charge on any atom is 0.326 e. The normalized spacial score (nSPS) is 14.4. The fourth-order valence-electron chi connectivity index (χ4n) is 5.58. The monoisotopic (exact) mass is 748 g/mol. The Morgan fingerprint density at radius 3 is 1.31 bits per heavy atom. The van der Waals surface area contributed by atoms with Crippen LogP contribution in [-0.2, 0) is 43.2 Å². The number of nitrogens with two attached hydrogens (primary N) is 2. The Hall–Kier alpha value is -5.67. The number of carboxylic acids is 1. The highest BCUT2D eigenvalue weighted by Crippen LogP contribution is 2.16. The summed E-state index contributed by atoms with van der Waals surface area (Å²) in [5.41, 5.74) is 13.6. The van der Waals surface area contributed by atoms with E-state index >= 15 is 0 Å². The Bertz CT molecular complexity index is 1690. The minimum absolute atomic E-state index is 0.00566. The third kappa shape index (κ3) is 13.7. The smallest absolute Gasteiger partial charge is 0.326 e. The molecule has 0 aliphatic carbocycles. The Labute approximate surface area is 314 Å². The van der Waals surface area contributed by atoms with Crippen LogP contribution in [0.1, 0.15) is 56.2 Å². The number of benzene rings is 3. The van der Waals surface area contributed by atoms with E-state index in [1.54, 1.807) is 24.3 Å². The van der Waals surface area contributed by atoms with Crippen LogP contribution in [0.5, 0.6) is 17.2 Å². The van der Waals surface area contributed by atoms with Gasteiger partial charge < -0.3 is 53.2 Å². The lowest BCUT2D eigenvalue weighted by atomic mass is 9.98. The number of aliphatic carboxylic acids is 1. The van der Waals surface area contributed by atoms with Crippen molar-refractivity contribution in [1.29, 1.82) is 0 Å². The second kappa shape index (κ2) is 21.1. The Morgan fingerprint density at radius 1 is 0.574 bits per heavy atom. The van der Waals surface area contributed by atoms with Gasteiger partial charge in [0.15, 0.2) is 0 Å². The van der Waals surface area contributed by atoms with Crippen molar-refractivity contribution in [2.45, 2.75) is 89.0 Å². The number of carbonyl (C=O) groups excluding carboxylic acids is 4. The number of aromatic hydroxyl groups is 3. The van der Waals surface area contributed by atoms with Gasteiger partial charge in [-0.3, -0.25) is 19.2 Å². The van der Waals surface area contributed by atoms with Gasteiger partial charge in [-0.1, -0.05) is 56.7 Å². The van der Waals surface area contributed by atoms with Crippen LogP contribution in [0.2, 0.25) is 0 Å². The van der Waals surface area contributed by atoms with Crippen LogP contribution in [-0.4, -0.2) is 86.8 Å². The van der Waals surface area contributed by atoms with Crippen molar-refractivity contribution in [2.24, 2.45) is 17.4 Å². The second-order valence-electron chi connectivity index (χ2n) is 13.4. The molecule has 0 unspecified atom stereocenters. The topological polar surface area (TPSA) is 266 Å². The van der Waals surface area contributed by atoms with E-state index in [1.165, 1.54) is 48.5 Å². The van der Waals surface area contributed by atoms with Crippen LogP contribution in [0.25, 0.3) is 0 Å². The van der Waals surface area contributed by atoms with Crippen molar-refractivity contribution in [3.05, 3.63) is 89.5 Å². The number of rotatable bonds is 21. The zero-order valence-electron chi connectivity index (χ0n) is 30.5. The molecule has 0 saturated heterocycles. The zero-order chi connectivity index (χ0) is 39.8. The predicted octanol–water partition coefficient (Wildman–Crippen LogP) is 1.36. The lowest BCUT2D eigenvalue weighted by Crippen LogP contribution is -2.59. The summed E-state index contributed by atoms with van der Waals surface area (Å²) >= 11 is 0. The van der Waals surface area contributed by atoms with E-state index in [2.05, 4.69) is 21.3 Å². The van der Waals surface area contributed by atoms with E-state index in [1.807, 2.05) is 13.8 Å². The third-order valence-corrected chi connectivity index (χ3v) is 9.15. The van der Waals surface area contributed by atoms with Gasteiger partial charge in [0.1, 0.15) is 41.4 Å². The molecular formula is C39H52N6O9. The second-order valence-corrected chi connectivity index (χ2v) is 13.4. The first kappa shape index (κ1) is 42.7. The number of amides is 4. The SMILES string of the molecule is CC[C@H](C)[C@H](N)C(=O)N[C@@H](Cc1ccc(O)cc1)C(=O)N[C@@H](CCCCN)C(=O)N[C@@H](Cc1ccc(O)cc1)C(=O)N[C@@H](Cc1ccc(O)cc1)C(=O)O. The van der Waals surface area contributed by atoms with Gasteiger partial charge in [-0.2, -0.15) is 0 Å². The molecule has 54 heavy (non-hydrogen) atoms. The molecule has 6 atom stereocenters. The van der Waals surface area contributed by atoms with E-state index in [0.29, 0.717) is 42.5 Å². The summed E-state index contributed by atoms with van der Waals surface area (Å²) in [6.45, 7) is 4.02. The van der Waals surface area contributed by atoms with Gasteiger partial charge >= 0.3 is 5.97 Å². The molecule has 0 radical (unpaired) electrons. The van der Waals surface area contributed by atoms with Gasteiger partial charge in [0.2, 0.25) is 23.6 Å². The number of phenolic OH excluding ortho intramolecular Hbond substituents is 3. The van der Waals surface area contributed by atoms with E-state index < -0.39 is 59.8 Å². The molecule has 3 aromatic rings. The maximum absolute atomic E-state index is 14.0. The van der Waals surface area contributed by atoms with Crippen LogP contribution < -0.4 is 32.7 Å². The van der Waals surface area contributed by atoms with Gasteiger partial charge in [-0.25, -0.2) is 4.79 Å². The molecule has 12 N–H and O–H groups in total. The summed E-state index contributed by atoms with van der Waals surface area (Å²) in [5.74, 6) is -4.34. The quantitative estimate of drug-likeness (QED) is 0.0695. The van der Waals surface area contributed by atoms with Gasteiger partial charge in [0, 0.05) is 19.3 Å². The fourth-order valence-corrected chi connectivity index (χ4v) is 5.58. The lowest BCUT2D eigenvalue weighted by molar-refractivity contribution is -0.142. The zero-order valence-corrected chi connectivity index (χ0v) is 30.5. The molecule has 3 aromatic carbocycles. The average Bonchev–Trinajstić information content (AvgIpc) is 3.15. The molecule has 0 saturated carbocycles. The van der Waals surface area contributed by atoms with Crippen LogP contribution in [0.3, 0.4) is 0 Å². The minimum atomic E-state index is -1.40. The molecule has 3 rings (SSSR count). The molecule has 15 heteroatoms. The summed E-state index contributed by atoms with van der Waals surface area (Å²) in [4.78, 5) is 67.0. The first-order chi connectivity index (χ1) is 25.7. The number of hydrogen-bond acceptors (Lipinski definition) is 10. The maximum atomic E-state index is 14.0. The summed E-state index contributed by atoms with van der Waals surface area (Å²) < 4.78 is 0. The number of unbranched alkanes of at least 4 members (excludes halogenated alkanes) is 1. The molecule has 0 aliphatic rings. The largest absolute Gasteiger partial charge is 0.508 e. The summed E-state index contributed by atoms with van der Waals surface area (Å²) in [6, 6.07) is 11.8. The van der Waals surface area contributed by atoms with Crippen LogP contribution in [0.15, 0.2) is 72.8 Å².